The van der Waals surface area contributed by atoms with Crippen molar-refractivity contribution in [2.75, 3.05) is 14.2 Å². The lowest BCUT2D eigenvalue weighted by Crippen LogP contribution is -1.82. The molecule has 0 amide bonds. The summed E-state index contributed by atoms with van der Waals surface area (Å²) in [6.45, 7) is 0. The second kappa shape index (κ2) is 8.72. The van der Waals surface area contributed by atoms with Crippen LogP contribution in [0.5, 0.6) is 11.5 Å². The number of hydrogen-bond acceptors (Lipinski definition) is 2. The fourth-order valence-corrected chi connectivity index (χ4v) is 2.58. The maximum Gasteiger partial charge on any atom is 0.118 e. The lowest BCUT2D eigenvalue weighted by Gasteiger charge is -2.01. The predicted molar refractivity (Wildman–Crippen MR) is 110 cm³/mol. The van der Waals surface area contributed by atoms with E-state index in [0.29, 0.717) is 0 Å². The third kappa shape index (κ3) is 4.87. The summed E-state index contributed by atoms with van der Waals surface area (Å²) in [4.78, 5) is 0. The van der Waals surface area contributed by atoms with Crippen LogP contribution in [0, 0.1) is 0 Å². The molecule has 0 aliphatic carbocycles. The molecule has 130 valence electrons. The standard InChI is InChI=1S/C24H22O2/c1-25-23-14-10-19(11-15-23)6-8-21-4-3-5-22(18-21)9-7-20-12-16-24(26-2)17-13-20/h3-18H,1-2H3. The normalized spacial score (nSPS) is 11.2. The highest BCUT2D eigenvalue weighted by Gasteiger charge is 1.94. The maximum atomic E-state index is 5.19. The molecular weight excluding hydrogens is 320 g/mol. The number of hydrogen-bond donors (Lipinski definition) is 0. The van der Waals surface area contributed by atoms with E-state index in [2.05, 4.69) is 48.6 Å². The van der Waals surface area contributed by atoms with Crippen LogP contribution >= 0.6 is 0 Å². The summed E-state index contributed by atoms with van der Waals surface area (Å²) in [5.74, 6) is 1.74. The third-order valence-electron chi connectivity index (χ3n) is 4.08. The van der Waals surface area contributed by atoms with Gasteiger partial charge >= 0.3 is 0 Å². The van der Waals surface area contributed by atoms with E-state index in [9.17, 15) is 0 Å². The molecule has 3 aromatic rings. The SMILES string of the molecule is COc1ccc(C=Cc2cccc(C=Cc3ccc(OC)cc3)c2)cc1. The zero-order valence-corrected chi connectivity index (χ0v) is 15.1. The molecule has 0 aliphatic rings. The van der Waals surface area contributed by atoms with E-state index in [0.717, 1.165) is 33.8 Å². The summed E-state index contributed by atoms with van der Waals surface area (Å²) in [5.41, 5.74) is 4.62. The van der Waals surface area contributed by atoms with Crippen molar-refractivity contribution < 1.29 is 9.47 Å². The van der Waals surface area contributed by atoms with E-state index >= 15 is 0 Å². The van der Waals surface area contributed by atoms with Crippen molar-refractivity contribution in [3.05, 3.63) is 95.1 Å². The summed E-state index contributed by atoms with van der Waals surface area (Å²) in [6, 6.07) is 24.5. The van der Waals surface area contributed by atoms with Gasteiger partial charge in [0, 0.05) is 0 Å². The molecule has 0 radical (unpaired) electrons. The van der Waals surface area contributed by atoms with Crippen LogP contribution < -0.4 is 9.47 Å². The highest BCUT2D eigenvalue weighted by Crippen LogP contribution is 2.17. The second-order valence-corrected chi connectivity index (χ2v) is 5.88. The Kier molecular flexibility index (Phi) is 5.89. The van der Waals surface area contributed by atoms with Crippen LogP contribution in [0.2, 0.25) is 0 Å². The Labute approximate surface area is 155 Å². The minimum absolute atomic E-state index is 0.868. The van der Waals surface area contributed by atoms with Crippen molar-refractivity contribution >= 4 is 24.3 Å². The van der Waals surface area contributed by atoms with Crippen molar-refractivity contribution in [2.24, 2.45) is 0 Å². The first-order valence-electron chi connectivity index (χ1n) is 8.51. The number of ether oxygens (including phenoxy) is 2. The first-order valence-corrected chi connectivity index (χ1v) is 8.51. The highest BCUT2D eigenvalue weighted by molar-refractivity contribution is 5.74. The lowest BCUT2D eigenvalue weighted by molar-refractivity contribution is 0.414. The molecule has 0 fully saturated rings. The maximum absolute atomic E-state index is 5.19. The van der Waals surface area contributed by atoms with Gasteiger partial charge in [0.25, 0.3) is 0 Å². The van der Waals surface area contributed by atoms with E-state index < -0.39 is 0 Å². The molecule has 26 heavy (non-hydrogen) atoms. The van der Waals surface area contributed by atoms with Crippen LogP contribution in [0.3, 0.4) is 0 Å². The van der Waals surface area contributed by atoms with E-state index in [1.165, 1.54) is 0 Å². The van der Waals surface area contributed by atoms with Gasteiger partial charge < -0.3 is 9.47 Å². The fourth-order valence-electron chi connectivity index (χ4n) is 2.58. The molecule has 0 aromatic heterocycles. The first kappa shape index (κ1) is 17.6. The monoisotopic (exact) mass is 342 g/mol. The largest absolute Gasteiger partial charge is 0.497 e. The first-order chi connectivity index (χ1) is 12.8. The summed E-state index contributed by atoms with van der Waals surface area (Å²) >= 11 is 0. The van der Waals surface area contributed by atoms with Gasteiger partial charge in [-0.3, -0.25) is 0 Å². The van der Waals surface area contributed by atoms with Gasteiger partial charge in [0.2, 0.25) is 0 Å². The fraction of sp³-hybridized carbons (Fsp3) is 0.0833. The molecule has 0 heterocycles. The Morgan fingerprint density at radius 1 is 0.500 bits per heavy atom. The molecule has 0 atom stereocenters. The van der Waals surface area contributed by atoms with Crippen molar-refractivity contribution in [2.45, 2.75) is 0 Å². The molecule has 0 unspecified atom stereocenters. The molecule has 0 N–H and O–H groups in total. The minimum atomic E-state index is 0.868. The Bertz CT molecular complexity index is 816. The van der Waals surface area contributed by atoms with Crippen LogP contribution in [0.25, 0.3) is 24.3 Å². The molecule has 0 aliphatic heterocycles. The Morgan fingerprint density at radius 2 is 0.885 bits per heavy atom. The van der Waals surface area contributed by atoms with Gasteiger partial charge in [-0.2, -0.15) is 0 Å². The van der Waals surface area contributed by atoms with Crippen LogP contribution in [0.15, 0.2) is 72.8 Å². The average molecular weight is 342 g/mol. The smallest absolute Gasteiger partial charge is 0.118 e. The van der Waals surface area contributed by atoms with Crippen molar-refractivity contribution in [3.63, 3.8) is 0 Å². The molecular formula is C24H22O2. The highest BCUT2D eigenvalue weighted by atomic mass is 16.5. The second-order valence-electron chi connectivity index (χ2n) is 5.88. The van der Waals surface area contributed by atoms with Crippen LogP contribution in [-0.2, 0) is 0 Å². The number of rotatable bonds is 6. The van der Waals surface area contributed by atoms with Gasteiger partial charge in [-0.15, -0.1) is 0 Å². The zero-order valence-electron chi connectivity index (χ0n) is 15.1. The quantitative estimate of drug-likeness (QED) is 0.508. The summed E-state index contributed by atoms with van der Waals surface area (Å²) in [5, 5.41) is 0. The summed E-state index contributed by atoms with van der Waals surface area (Å²) in [7, 11) is 3.35. The Balaban J connectivity index is 1.70. The van der Waals surface area contributed by atoms with Gasteiger partial charge in [-0.1, -0.05) is 66.8 Å². The Morgan fingerprint density at radius 3 is 1.27 bits per heavy atom. The van der Waals surface area contributed by atoms with E-state index in [1.807, 2.05) is 48.5 Å². The average Bonchev–Trinajstić information content (AvgIpc) is 2.72. The van der Waals surface area contributed by atoms with Gasteiger partial charge in [0.15, 0.2) is 0 Å². The van der Waals surface area contributed by atoms with Gasteiger partial charge in [0.1, 0.15) is 11.5 Å². The predicted octanol–water partition coefficient (Wildman–Crippen LogP) is 6.04. The zero-order chi connectivity index (χ0) is 18.2. The molecule has 3 rings (SSSR count). The topological polar surface area (TPSA) is 18.5 Å². The number of benzene rings is 3. The molecule has 0 bridgehead atoms. The molecule has 3 aromatic carbocycles. The molecule has 0 saturated heterocycles. The van der Waals surface area contributed by atoms with Crippen LogP contribution in [0.4, 0.5) is 0 Å². The van der Waals surface area contributed by atoms with Crippen molar-refractivity contribution in [1.29, 1.82) is 0 Å². The number of methoxy groups -OCH3 is 2. The molecule has 0 saturated carbocycles. The molecule has 0 spiro atoms. The van der Waals surface area contributed by atoms with Crippen LogP contribution in [0.1, 0.15) is 22.3 Å². The Hall–Kier alpha value is -3.26. The van der Waals surface area contributed by atoms with Crippen LogP contribution in [-0.4, -0.2) is 14.2 Å². The van der Waals surface area contributed by atoms with Gasteiger partial charge in [-0.25, -0.2) is 0 Å². The van der Waals surface area contributed by atoms with E-state index in [-0.39, 0.29) is 0 Å². The van der Waals surface area contributed by atoms with Crippen molar-refractivity contribution in [3.8, 4) is 11.5 Å². The molecule has 2 heteroatoms. The lowest BCUT2D eigenvalue weighted by atomic mass is 10.1. The van der Waals surface area contributed by atoms with Gasteiger partial charge in [-0.05, 0) is 52.6 Å². The molecule has 2 nitrogen and oxygen atoms in total. The van der Waals surface area contributed by atoms with Crippen molar-refractivity contribution in [1.82, 2.24) is 0 Å². The third-order valence-corrected chi connectivity index (χ3v) is 4.08. The van der Waals surface area contributed by atoms with E-state index in [1.54, 1.807) is 14.2 Å². The summed E-state index contributed by atoms with van der Waals surface area (Å²) in [6.07, 6.45) is 8.44. The van der Waals surface area contributed by atoms with E-state index in [4.69, 9.17) is 9.47 Å². The van der Waals surface area contributed by atoms with Gasteiger partial charge in [0.05, 0.1) is 14.2 Å². The summed E-state index contributed by atoms with van der Waals surface area (Å²) < 4.78 is 10.4. The minimum Gasteiger partial charge on any atom is -0.497 e.